The van der Waals surface area contributed by atoms with Crippen LogP contribution in [0, 0.1) is 0 Å². The number of halogens is 2. The van der Waals surface area contributed by atoms with E-state index in [0.717, 1.165) is 17.0 Å². The summed E-state index contributed by atoms with van der Waals surface area (Å²) in [5.74, 6) is -1.86. The fourth-order valence-corrected chi connectivity index (χ4v) is 5.79. The molecule has 9 nitrogen and oxygen atoms in total. The Hall–Kier alpha value is -2.50. The Morgan fingerprint density at radius 3 is 2.21 bits per heavy atom. The molecule has 0 N–H and O–H groups in total. The average Bonchev–Trinajstić information content (AvgIpc) is 3.04. The van der Waals surface area contributed by atoms with Crippen molar-refractivity contribution in [2.24, 2.45) is 0 Å². The monoisotopic (exact) mass is 512 g/mol. The van der Waals surface area contributed by atoms with Gasteiger partial charge in [-0.25, -0.2) is 13.2 Å². The summed E-state index contributed by atoms with van der Waals surface area (Å²) in [5.41, 5.74) is 0.371. The molecular formula is C21H18Cl2N2O7S. The number of fused-ring (bicyclic) bond motifs is 1. The van der Waals surface area contributed by atoms with Gasteiger partial charge in [0, 0.05) is 13.1 Å². The third kappa shape index (κ3) is 4.49. The van der Waals surface area contributed by atoms with Crippen LogP contribution in [0.1, 0.15) is 31.1 Å². The SMILES string of the molecule is O=C(OCCN1C(=O)c2ccccc2C1=O)c1cc(S(=O)(=O)N2CCOCC2)c(Cl)cc1Cl. The minimum Gasteiger partial charge on any atom is -0.460 e. The molecule has 1 saturated heterocycles. The second kappa shape index (κ2) is 9.40. The second-order valence-corrected chi connectivity index (χ2v) is 9.94. The number of nitrogens with zero attached hydrogens (tertiary/aromatic N) is 2. The number of ether oxygens (including phenoxy) is 2. The smallest absolute Gasteiger partial charge is 0.339 e. The van der Waals surface area contributed by atoms with E-state index in [-0.39, 0.29) is 71.1 Å². The summed E-state index contributed by atoms with van der Waals surface area (Å²) in [6.07, 6.45) is 0. The minimum absolute atomic E-state index is 0.0911. The molecule has 4 rings (SSSR count). The molecule has 2 aromatic carbocycles. The number of hydrogen-bond donors (Lipinski definition) is 0. The second-order valence-electron chi connectivity index (χ2n) is 7.22. The average molecular weight is 513 g/mol. The van der Waals surface area contributed by atoms with Gasteiger partial charge < -0.3 is 9.47 Å². The first-order valence-electron chi connectivity index (χ1n) is 9.91. The first kappa shape index (κ1) is 23.7. The van der Waals surface area contributed by atoms with Crippen LogP contribution in [-0.2, 0) is 19.5 Å². The van der Waals surface area contributed by atoms with Gasteiger partial charge in [0.15, 0.2) is 0 Å². The highest BCUT2D eigenvalue weighted by Gasteiger charge is 2.35. The molecule has 33 heavy (non-hydrogen) atoms. The zero-order valence-electron chi connectivity index (χ0n) is 17.1. The molecule has 2 aliphatic heterocycles. The number of amides is 2. The van der Waals surface area contributed by atoms with Gasteiger partial charge in [0.05, 0.1) is 46.5 Å². The molecule has 12 heteroatoms. The van der Waals surface area contributed by atoms with Gasteiger partial charge in [0.2, 0.25) is 10.0 Å². The Morgan fingerprint density at radius 2 is 1.61 bits per heavy atom. The third-order valence-electron chi connectivity index (χ3n) is 5.26. The molecule has 2 aromatic rings. The number of imide groups is 1. The van der Waals surface area contributed by atoms with Crippen molar-refractivity contribution >= 4 is 51.0 Å². The molecule has 2 heterocycles. The summed E-state index contributed by atoms with van der Waals surface area (Å²) in [6.45, 7) is 0.341. The molecule has 2 aliphatic rings. The zero-order valence-corrected chi connectivity index (χ0v) is 19.5. The van der Waals surface area contributed by atoms with Crippen molar-refractivity contribution in [3.8, 4) is 0 Å². The van der Waals surface area contributed by atoms with Crippen molar-refractivity contribution < 1.29 is 32.3 Å². The molecule has 174 valence electrons. The Bertz CT molecular complexity index is 1210. The first-order chi connectivity index (χ1) is 15.7. The largest absolute Gasteiger partial charge is 0.460 e. The van der Waals surface area contributed by atoms with Gasteiger partial charge in [-0.15, -0.1) is 0 Å². The zero-order chi connectivity index (χ0) is 23.8. The number of hydrogen-bond acceptors (Lipinski definition) is 7. The van der Waals surface area contributed by atoms with E-state index in [4.69, 9.17) is 32.7 Å². The lowest BCUT2D eigenvalue weighted by Gasteiger charge is -2.26. The Labute approximate surface area is 199 Å². The van der Waals surface area contributed by atoms with Crippen LogP contribution >= 0.6 is 23.2 Å². The van der Waals surface area contributed by atoms with Crippen LogP contribution in [0.3, 0.4) is 0 Å². The number of morpholine rings is 1. The number of sulfonamides is 1. The molecule has 0 saturated carbocycles. The molecule has 0 bridgehead atoms. The summed E-state index contributed by atoms with van der Waals surface area (Å²) < 4.78 is 37.5. The topological polar surface area (TPSA) is 110 Å². The molecule has 0 radical (unpaired) electrons. The minimum atomic E-state index is -3.99. The highest BCUT2D eigenvalue weighted by Crippen LogP contribution is 2.31. The lowest BCUT2D eigenvalue weighted by molar-refractivity contribution is 0.0420. The van der Waals surface area contributed by atoms with Crippen molar-refractivity contribution in [1.29, 1.82) is 0 Å². The van der Waals surface area contributed by atoms with E-state index in [9.17, 15) is 22.8 Å². The van der Waals surface area contributed by atoms with Crippen molar-refractivity contribution in [3.63, 3.8) is 0 Å². The molecule has 1 fully saturated rings. The van der Waals surface area contributed by atoms with E-state index < -0.39 is 27.8 Å². The van der Waals surface area contributed by atoms with Crippen LogP contribution in [0.2, 0.25) is 10.0 Å². The Morgan fingerprint density at radius 1 is 1.00 bits per heavy atom. The predicted octanol–water partition coefficient (Wildman–Crippen LogP) is 2.47. The van der Waals surface area contributed by atoms with Gasteiger partial charge in [-0.2, -0.15) is 4.31 Å². The van der Waals surface area contributed by atoms with Crippen LogP contribution in [0.4, 0.5) is 0 Å². The summed E-state index contributed by atoms with van der Waals surface area (Å²) in [6, 6.07) is 8.63. The quantitative estimate of drug-likeness (QED) is 0.431. The van der Waals surface area contributed by atoms with Gasteiger partial charge in [-0.3, -0.25) is 14.5 Å². The highest BCUT2D eigenvalue weighted by molar-refractivity contribution is 7.89. The number of esters is 1. The Kier molecular flexibility index (Phi) is 6.73. The van der Waals surface area contributed by atoms with Gasteiger partial charge >= 0.3 is 5.97 Å². The molecule has 0 atom stereocenters. The first-order valence-corrected chi connectivity index (χ1v) is 12.1. The van der Waals surface area contributed by atoms with Crippen molar-refractivity contribution in [1.82, 2.24) is 9.21 Å². The van der Waals surface area contributed by atoms with E-state index in [1.165, 1.54) is 4.31 Å². The van der Waals surface area contributed by atoms with E-state index in [0.29, 0.717) is 0 Å². The van der Waals surface area contributed by atoms with Crippen LogP contribution in [0.15, 0.2) is 41.3 Å². The standard InChI is InChI=1S/C21H18Cl2N2O7S/c22-16-12-17(23)18(33(29,30)24-5-8-31-9-6-24)11-15(16)21(28)32-10-7-25-19(26)13-3-1-2-4-14(13)20(25)27/h1-4,11-12H,5-10H2. The number of carbonyl (C=O) groups excluding carboxylic acids is 3. The van der Waals surface area contributed by atoms with Crippen LogP contribution in [-0.4, -0.2) is 74.9 Å². The molecule has 0 unspecified atom stereocenters. The fourth-order valence-electron chi connectivity index (χ4n) is 3.56. The van der Waals surface area contributed by atoms with E-state index >= 15 is 0 Å². The lowest BCUT2D eigenvalue weighted by atomic mass is 10.1. The number of benzene rings is 2. The molecule has 0 aromatic heterocycles. The number of carbonyl (C=O) groups is 3. The third-order valence-corrected chi connectivity index (χ3v) is 7.93. The van der Waals surface area contributed by atoms with Crippen molar-refractivity contribution in [2.45, 2.75) is 4.90 Å². The Balaban J connectivity index is 1.47. The lowest BCUT2D eigenvalue weighted by Crippen LogP contribution is -2.40. The fraction of sp³-hybridized carbons (Fsp3) is 0.286. The normalized spacial score (nSPS) is 16.7. The summed E-state index contributed by atoms with van der Waals surface area (Å²) in [5, 5.41) is -0.222. The van der Waals surface area contributed by atoms with Crippen LogP contribution < -0.4 is 0 Å². The summed E-state index contributed by atoms with van der Waals surface area (Å²) in [4.78, 5) is 38.1. The van der Waals surface area contributed by atoms with Crippen molar-refractivity contribution in [3.05, 3.63) is 63.1 Å². The summed E-state index contributed by atoms with van der Waals surface area (Å²) >= 11 is 12.2. The van der Waals surface area contributed by atoms with E-state index in [2.05, 4.69) is 0 Å². The van der Waals surface area contributed by atoms with E-state index in [1.807, 2.05) is 0 Å². The predicted molar refractivity (Wildman–Crippen MR) is 118 cm³/mol. The summed E-state index contributed by atoms with van der Waals surface area (Å²) in [7, 11) is -3.99. The maximum Gasteiger partial charge on any atom is 0.339 e. The van der Waals surface area contributed by atoms with Gasteiger partial charge in [0.25, 0.3) is 11.8 Å². The molecule has 0 spiro atoms. The maximum atomic E-state index is 13.0. The molecule has 2 amide bonds. The highest BCUT2D eigenvalue weighted by atomic mass is 35.5. The van der Waals surface area contributed by atoms with Crippen LogP contribution in [0.25, 0.3) is 0 Å². The van der Waals surface area contributed by atoms with E-state index in [1.54, 1.807) is 24.3 Å². The van der Waals surface area contributed by atoms with Gasteiger partial charge in [-0.1, -0.05) is 35.3 Å². The molecular weight excluding hydrogens is 495 g/mol. The number of rotatable bonds is 6. The van der Waals surface area contributed by atoms with Crippen molar-refractivity contribution in [2.75, 3.05) is 39.5 Å². The van der Waals surface area contributed by atoms with Gasteiger partial charge in [0.1, 0.15) is 11.5 Å². The molecule has 0 aliphatic carbocycles. The maximum absolute atomic E-state index is 13.0. The van der Waals surface area contributed by atoms with Gasteiger partial charge in [-0.05, 0) is 24.3 Å². The van der Waals surface area contributed by atoms with Crippen LogP contribution in [0.5, 0.6) is 0 Å².